The molecule has 104 valence electrons. The van der Waals surface area contributed by atoms with Crippen molar-refractivity contribution in [2.45, 2.75) is 44.6 Å². The first kappa shape index (κ1) is 14.1. The fourth-order valence-electron chi connectivity index (χ4n) is 2.49. The van der Waals surface area contributed by atoms with Crippen LogP contribution < -0.4 is 16.0 Å². The third-order valence-corrected chi connectivity index (χ3v) is 3.63. The molecule has 3 nitrogen and oxygen atoms in total. The first-order valence-corrected chi connectivity index (χ1v) is 7.23. The van der Waals surface area contributed by atoms with Crippen molar-refractivity contribution < 1.29 is 4.74 Å². The minimum absolute atomic E-state index is 0.123. The highest BCUT2D eigenvalue weighted by molar-refractivity contribution is 5.21. The average molecular weight is 260 g/mol. The largest absolute Gasteiger partial charge is 0.492 e. The summed E-state index contributed by atoms with van der Waals surface area (Å²) >= 11 is 0. The summed E-state index contributed by atoms with van der Waals surface area (Å²) < 4.78 is 5.80. The third kappa shape index (κ3) is 4.69. The average Bonchev–Trinajstić information content (AvgIpc) is 2.42. The van der Waals surface area contributed by atoms with Gasteiger partial charge in [-0.2, -0.15) is 0 Å². The predicted molar refractivity (Wildman–Crippen MR) is 78.8 cm³/mol. The summed E-state index contributed by atoms with van der Waals surface area (Å²) in [4.78, 5) is 0. The van der Waals surface area contributed by atoms with Gasteiger partial charge in [0.25, 0.3) is 0 Å². The van der Waals surface area contributed by atoms with Crippen LogP contribution in [-0.2, 0) is 0 Å². The number of para-hydroxylation sites is 1. The number of nitrogens with two attached hydrogens (primary N) is 1. The molecular formula is C16H24N2O. The summed E-state index contributed by atoms with van der Waals surface area (Å²) in [6.45, 7) is 0.590. The van der Waals surface area contributed by atoms with Gasteiger partial charge >= 0.3 is 0 Å². The molecule has 2 rings (SSSR count). The van der Waals surface area contributed by atoms with Crippen molar-refractivity contribution in [1.82, 2.24) is 5.43 Å². The molecule has 0 aromatic heterocycles. The molecule has 0 spiro atoms. The molecule has 1 atom stereocenters. The Hall–Kier alpha value is -1.32. The zero-order valence-electron chi connectivity index (χ0n) is 11.5. The van der Waals surface area contributed by atoms with E-state index >= 15 is 0 Å². The first-order valence-electron chi connectivity index (χ1n) is 7.23. The first-order chi connectivity index (χ1) is 9.40. The highest BCUT2D eigenvalue weighted by Crippen LogP contribution is 2.20. The molecule has 0 saturated heterocycles. The lowest BCUT2D eigenvalue weighted by atomic mass is 9.95. The maximum atomic E-state index is 5.80. The van der Waals surface area contributed by atoms with E-state index in [0.717, 1.165) is 12.2 Å². The van der Waals surface area contributed by atoms with E-state index in [1.807, 2.05) is 30.3 Å². The molecule has 19 heavy (non-hydrogen) atoms. The van der Waals surface area contributed by atoms with E-state index in [1.54, 1.807) is 0 Å². The van der Waals surface area contributed by atoms with Gasteiger partial charge in [-0.1, -0.05) is 42.7 Å². The molecule has 1 aliphatic carbocycles. The van der Waals surface area contributed by atoms with E-state index in [1.165, 1.54) is 37.7 Å². The van der Waals surface area contributed by atoms with E-state index in [0.29, 0.717) is 6.61 Å². The van der Waals surface area contributed by atoms with Crippen LogP contribution in [0.3, 0.4) is 0 Å². The summed E-state index contributed by atoms with van der Waals surface area (Å²) in [5, 5.41) is 0. The van der Waals surface area contributed by atoms with Crippen molar-refractivity contribution in [2.75, 3.05) is 6.61 Å². The highest BCUT2D eigenvalue weighted by Gasteiger charge is 2.14. The molecule has 1 unspecified atom stereocenters. The fourth-order valence-corrected chi connectivity index (χ4v) is 2.49. The highest BCUT2D eigenvalue weighted by atomic mass is 16.5. The fraction of sp³-hybridized carbons (Fsp3) is 0.500. The Morgan fingerprint density at radius 3 is 2.68 bits per heavy atom. The van der Waals surface area contributed by atoms with Gasteiger partial charge in [-0.05, 0) is 37.8 Å². The van der Waals surface area contributed by atoms with Crippen LogP contribution in [0, 0.1) is 0 Å². The van der Waals surface area contributed by atoms with Crippen LogP contribution >= 0.6 is 0 Å². The second kappa shape index (κ2) is 7.97. The second-order valence-corrected chi connectivity index (χ2v) is 5.08. The molecule has 0 fully saturated rings. The van der Waals surface area contributed by atoms with Crippen LogP contribution in [0.25, 0.3) is 0 Å². The lowest BCUT2D eigenvalue weighted by Gasteiger charge is -2.21. The second-order valence-electron chi connectivity index (χ2n) is 5.08. The maximum absolute atomic E-state index is 5.80. The number of hydrogen-bond acceptors (Lipinski definition) is 3. The van der Waals surface area contributed by atoms with Gasteiger partial charge in [0.2, 0.25) is 0 Å². The van der Waals surface area contributed by atoms with E-state index in [4.69, 9.17) is 10.6 Å². The van der Waals surface area contributed by atoms with Crippen molar-refractivity contribution in [3.05, 3.63) is 42.0 Å². The van der Waals surface area contributed by atoms with Crippen LogP contribution in [0.4, 0.5) is 0 Å². The van der Waals surface area contributed by atoms with E-state index in [9.17, 15) is 0 Å². The summed E-state index contributed by atoms with van der Waals surface area (Å²) in [6, 6.07) is 10.0. The molecular weight excluding hydrogens is 236 g/mol. The summed E-state index contributed by atoms with van der Waals surface area (Å²) in [5.74, 6) is 6.58. The Morgan fingerprint density at radius 2 is 1.89 bits per heavy atom. The lowest BCUT2D eigenvalue weighted by Crippen LogP contribution is -2.41. The molecule has 0 radical (unpaired) electrons. The Kier molecular flexibility index (Phi) is 5.92. The molecule has 3 heteroatoms. The minimum atomic E-state index is 0.123. The number of benzene rings is 1. The van der Waals surface area contributed by atoms with E-state index in [-0.39, 0.29) is 6.04 Å². The summed E-state index contributed by atoms with van der Waals surface area (Å²) in [5.41, 5.74) is 4.30. The van der Waals surface area contributed by atoms with Crippen molar-refractivity contribution >= 4 is 0 Å². The lowest BCUT2D eigenvalue weighted by molar-refractivity contribution is 0.278. The zero-order valence-corrected chi connectivity index (χ0v) is 11.5. The summed E-state index contributed by atoms with van der Waals surface area (Å²) in [6.07, 6.45) is 9.87. The van der Waals surface area contributed by atoms with Crippen LogP contribution in [0.2, 0.25) is 0 Å². The Morgan fingerprint density at radius 1 is 1.11 bits per heavy atom. The Balaban J connectivity index is 1.91. The predicted octanol–water partition coefficient (Wildman–Crippen LogP) is 3.18. The molecule has 0 amide bonds. The van der Waals surface area contributed by atoms with Crippen LogP contribution in [-0.4, -0.2) is 12.6 Å². The number of nitrogens with one attached hydrogen (secondary N) is 1. The van der Waals surface area contributed by atoms with Crippen molar-refractivity contribution in [2.24, 2.45) is 5.84 Å². The van der Waals surface area contributed by atoms with Crippen LogP contribution in [0.5, 0.6) is 5.75 Å². The molecule has 0 bridgehead atoms. The topological polar surface area (TPSA) is 47.3 Å². The van der Waals surface area contributed by atoms with Gasteiger partial charge in [0.05, 0.1) is 6.04 Å². The van der Waals surface area contributed by atoms with Gasteiger partial charge < -0.3 is 4.74 Å². The van der Waals surface area contributed by atoms with Gasteiger partial charge in [-0.15, -0.1) is 0 Å². The summed E-state index contributed by atoms with van der Waals surface area (Å²) in [7, 11) is 0. The van der Waals surface area contributed by atoms with Gasteiger partial charge in [0.1, 0.15) is 12.4 Å². The Bertz CT molecular complexity index is 389. The number of ether oxygens (including phenoxy) is 1. The normalized spacial score (nSPS) is 20.8. The number of rotatable bonds is 5. The third-order valence-electron chi connectivity index (χ3n) is 3.63. The van der Waals surface area contributed by atoms with Gasteiger partial charge in [-0.25, -0.2) is 5.43 Å². The minimum Gasteiger partial charge on any atom is -0.492 e. The standard InChI is InChI=1S/C16H24N2O/c17-18-16(13-19-15-11-7-4-8-12-15)14-9-5-2-1-3-6-10-14/h4,7-9,11-12,16,18H,1-3,5-6,10,13,17H2/b14-9+. The molecule has 0 aliphatic heterocycles. The van der Waals surface area contributed by atoms with Gasteiger partial charge in [0.15, 0.2) is 0 Å². The van der Waals surface area contributed by atoms with Crippen molar-refractivity contribution in [1.29, 1.82) is 0 Å². The van der Waals surface area contributed by atoms with Gasteiger partial charge in [0, 0.05) is 0 Å². The molecule has 0 heterocycles. The monoisotopic (exact) mass is 260 g/mol. The molecule has 1 aromatic rings. The van der Waals surface area contributed by atoms with Crippen molar-refractivity contribution in [3.8, 4) is 5.75 Å². The molecule has 1 aromatic carbocycles. The number of allylic oxidation sites excluding steroid dienone is 1. The van der Waals surface area contributed by atoms with Gasteiger partial charge in [-0.3, -0.25) is 5.84 Å². The number of hydrazine groups is 1. The molecule has 0 saturated carbocycles. The molecule has 3 N–H and O–H groups in total. The number of hydrogen-bond donors (Lipinski definition) is 2. The maximum Gasteiger partial charge on any atom is 0.119 e. The van der Waals surface area contributed by atoms with Crippen LogP contribution in [0.15, 0.2) is 42.0 Å². The SMILES string of the molecule is NNC(COc1ccccc1)/C1=C/CCCCCC1. The van der Waals surface area contributed by atoms with E-state index in [2.05, 4.69) is 11.5 Å². The quantitative estimate of drug-likeness (QED) is 0.485. The van der Waals surface area contributed by atoms with Crippen molar-refractivity contribution in [3.63, 3.8) is 0 Å². The zero-order chi connectivity index (χ0) is 13.3. The smallest absolute Gasteiger partial charge is 0.119 e. The van der Waals surface area contributed by atoms with E-state index < -0.39 is 0 Å². The van der Waals surface area contributed by atoms with Crippen LogP contribution in [0.1, 0.15) is 38.5 Å². The Labute approximate surface area is 115 Å². The molecule has 1 aliphatic rings.